The van der Waals surface area contributed by atoms with Crippen LogP contribution in [0, 0.1) is 6.92 Å². The maximum Gasteiger partial charge on any atom is 0.147 e. The summed E-state index contributed by atoms with van der Waals surface area (Å²) in [6.45, 7) is 2.74. The highest BCUT2D eigenvalue weighted by atomic mass is 16.5. The number of rotatable bonds is 2. The number of nitrogens with zero attached hydrogens (tertiary/aromatic N) is 1. The number of aromatic nitrogens is 1. The standard InChI is InChI=1S/C11H18N2O/c1-9-7-13-14-10(9)11(8-12)5-3-2-4-6-11/h7H,2-6,8,12H2,1H3. The highest BCUT2D eigenvalue weighted by molar-refractivity contribution is 5.23. The molecular formula is C11H18N2O. The van der Waals surface area contributed by atoms with Crippen molar-refractivity contribution in [2.75, 3.05) is 6.54 Å². The zero-order valence-corrected chi connectivity index (χ0v) is 8.75. The van der Waals surface area contributed by atoms with Crippen LogP contribution in [0.3, 0.4) is 0 Å². The first kappa shape index (κ1) is 9.71. The van der Waals surface area contributed by atoms with Crippen LogP contribution >= 0.6 is 0 Å². The first-order valence-electron chi connectivity index (χ1n) is 5.40. The Hall–Kier alpha value is -0.830. The number of hydrogen-bond donors (Lipinski definition) is 1. The van der Waals surface area contributed by atoms with E-state index in [-0.39, 0.29) is 5.41 Å². The lowest BCUT2D eigenvalue weighted by Crippen LogP contribution is -2.37. The Labute approximate surface area is 84.7 Å². The zero-order chi connectivity index (χ0) is 10.0. The second-order valence-corrected chi connectivity index (χ2v) is 4.38. The first-order chi connectivity index (χ1) is 6.78. The molecule has 0 bridgehead atoms. The first-order valence-corrected chi connectivity index (χ1v) is 5.40. The predicted octanol–water partition coefficient (Wildman–Crippen LogP) is 2.14. The van der Waals surface area contributed by atoms with Crippen molar-refractivity contribution in [3.63, 3.8) is 0 Å². The molecule has 0 atom stereocenters. The van der Waals surface area contributed by atoms with Crippen LogP contribution in [0.15, 0.2) is 10.7 Å². The van der Waals surface area contributed by atoms with Crippen LogP contribution in [0.2, 0.25) is 0 Å². The fourth-order valence-corrected chi connectivity index (χ4v) is 2.56. The monoisotopic (exact) mass is 194 g/mol. The van der Waals surface area contributed by atoms with Crippen LogP contribution in [-0.2, 0) is 5.41 Å². The molecule has 0 aliphatic heterocycles. The Kier molecular flexibility index (Phi) is 2.59. The van der Waals surface area contributed by atoms with Crippen molar-refractivity contribution < 1.29 is 4.52 Å². The van der Waals surface area contributed by atoms with E-state index < -0.39 is 0 Å². The molecule has 1 aliphatic rings. The van der Waals surface area contributed by atoms with Gasteiger partial charge >= 0.3 is 0 Å². The molecule has 1 aromatic heterocycles. The van der Waals surface area contributed by atoms with Crippen molar-refractivity contribution in [3.05, 3.63) is 17.5 Å². The molecule has 14 heavy (non-hydrogen) atoms. The third-order valence-electron chi connectivity index (χ3n) is 3.43. The van der Waals surface area contributed by atoms with Crippen LogP contribution in [0.4, 0.5) is 0 Å². The van der Waals surface area contributed by atoms with Gasteiger partial charge in [0.25, 0.3) is 0 Å². The smallest absolute Gasteiger partial charge is 0.147 e. The van der Waals surface area contributed by atoms with E-state index >= 15 is 0 Å². The molecule has 3 heteroatoms. The molecule has 0 amide bonds. The molecule has 2 N–H and O–H groups in total. The average molecular weight is 194 g/mol. The summed E-state index contributed by atoms with van der Waals surface area (Å²) < 4.78 is 5.37. The minimum atomic E-state index is 0.0822. The van der Waals surface area contributed by atoms with E-state index in [4.69, 9.17) is 10.3 Å². The molecule has 78 valence electrons. The van der Waals surface area contributed by atoms with Gasteiger partial charge in [0.2, 0.25) is 0 Å². The topological polar surface area (TPSA) is 52.0 Å². The molecule has 1 heterocycles. The van der Waals surface area contributed by atoms with Gasteiger partial charge in [-0.15, -0.1) is 0 Å². The third kappa shape index (κ3) is 1.46. The second-order valence-electron chi connectivity index (χ2n) is 4.38. The fraction of sp³-hybridized carbons (Fsp3) is 0.727. The lowest BCUT2D eigenvalue weighted by Gasteiger charge is -2.34. The molecule has 3 nitrogen and oxygen atoms in total. The minimum absolute atomic E-state index is 0.0822. The minimum Gasteiger partial charge on any atom is -0.360 e. The Bertz CT molecular complexity index is 300. The second kappa shape index (κ2) is 3.73. The van der Waals surface area contributed by atoms with Gasteiger partial charge in [-0.3, -0.25) is 0 Å². The van der Waals surface area contributed by atoms with Gasteiger partial charge in [-0.2, -0.15) is 0 Å². The lowest BCUT2D eigenvalue weighted by atomic mass is 9.71. The highest BCUT2D eigenvalue weighted by Crippen LogP contribution is 2.39. The van der Waals surface area contributed by atoms with Crippen molar-refractivity contribution >= 4 is 0 Å². The van der Waals surface area contributed by atoms with Gasteiger partial charge in [-0.1, -0.05) is 24.4 Å². The molecule has 0 aromatic carbocycles. The molecule has 2 rings (SSSR count). The van der Waals surface area contributed by atoms with Gasteiger partial charge in [-0.05, 0) is 19.8 Å². The Morgan fingerprint density at radius 2 is 2.14 bits per heavy atom. The van der Waals surface area contributed by atoms with Gasteiger partial charge in [-0.25, -0.2) is 0 Å². The SMILES string of the molecule is Cc1cnoc1C1(CN)CCCCC1. The Balaban J connectivity index is 2.31. The van der Waals surface area contributed by atoms with E-state index in [1.165, 1.54) is 19.3 Å². The van der Waals surface area contributed by atoms with Crippen molar-refractivity contribution in [2.45, 2.75) is 44.4 Å². The molecule has 1 aromatic rings. The van der Waals surface area contributed by atoms with E-state index in [0.29, 0.717) is 6.54 Å². The van der Waals surface area contributed by atoms with E-state index in [2.05, 4.69) is 12.1 Å². The maximum atomic E-state index is 5.91. The van der Waals surface area contributed by atoms with E-state index in [0.717, 1.165) is 24.2 Å². The third-order valence-corrected chi connectivity index (χ3v) is 3.43. The Morgan fingerprint density at radius 1 is 1.43 bits per heavy atom. The fourth-order valence-electron chi connectivity index (χ4n) is 2.56. The summed E-state index contributed by atoms with van der Waals surface area (Å²) in [7, 11) is 0. The predicted molar refractivity (Wildman–Crippen MR) is 55.1 cm³/mol. The lowest BCUT2D eigenvalue weighted by molar-refractivity contribution is 0.226. The normalized spacial score (nSPS) is 21.0. The van der Waals surface area contributed by atoms with Gasteiger partial charge in [0.1, 0.15) is 5.76 Å². The quantitative estimate of drug-likeness (QED) is 0.784. The van der Waals surface area contributed by atoms with E-state index in [1.807, 2.05) is 0 Å². The number of nitrogens with two attached hydrogens (primary N) is 1. The van der Waals surface area contributed by atoms with Crippen molar-refractivity contribution in [3.8, 4) is 0 Å². The average Bonchev–Trinajstić information content (AvgIpc) is 2.66. The van der Waals surface area contributed by atoms with Crippen LogP contribution in [-0.4, -0.2) is 11.7 Å². The van der Waals surface area contributed by atoms with Gasteiger partial charge in [0.15, 0.2) is 0 Å². The van der Waals surface area contributed by atoms with E-state index in [9.17, 15) is 0 Å². The molecule has 0 saturated heterocycles. The van der Waals surface area contributed by atoms with E-state index in [1.54, 1.807) is 6.20 Å². The maximum absolute atomic E-state index is 5.91. The summed E-state index contributed by atoms with van der Waals surface area (Å²) >= 11 is 0. The largest absolute Gasteiger partial charge is 0.360 e. The summed E-state index contributed by atoms with van der Waals surface area (Å²) in [4.78, 5) is 0. The number of hydrogen-bond acceptors (Lipinski definition) is 3. The van der Waals surface area contributed by atoms with Gasteiger partial charge in [0.05, 0.1) is 6.20 Å². The van der Waals surface area contributed by atoms with Crippen LogP contribution in [0.25, 0.3) is 0 Å². The zero-order valence-electron chi connectivity index (χ0n) is 8.75. The van der Waals surface area contributed by atoms with Crippen molar-refractivity contribution in [1.82, 2.24) is 5.16 Å². The highest BCUT2D eigenvalue weighted by Gasteiger charge is 2.37. The summed E-state index contributed by atoms with van der Waals surface area (Å²) in [5.74, 6) is 1.03. The molecule has 1 fully saturated rings. The van der Waals surface area contributed by atoms with Gasteiger partial charge in [0, 0.05) is 17.5 Å². The summed E-state index contributed by atoms with van der Waals surface area (Å²) in [5, 5.41) is 3.86. The molecule has 0 spiro atoms. The molecular weight excluding hydrogens is 176 g/mol. The van der Waals surface area contributed by atoms with Crippen LogP contribution in [0.1, 0.15) is 43.4 Å². The van der Waals surface area contributed by atoms with Gasteiger partial charge < -0.3 is 10.3 Å². The molecule has 0 radical (unpaired) electrons. The summed E-state index contributed by atoms with van der Waals surface area (Å²) in [6.07, 6.45) is 7.95. The van der Waals surface area contributed by atoms with Crippen molar-refractivity contribution in [2.24, 2.45) is 5.73 Å². The Morgan fingerprint density at radius 3 is 2.64 bits per heavy atom. The van der Waals surface area contributed by atoms with Crippen molar-refractivity contribution in [1.29, 1.82) is 0 Å². The molecule has 1 aliphatic carbocycles. The summed E-state index contributed by atoms with van der Waals surface area (Å²) in [6, 6.07) is 0. The number of aryl methyl sites for hydroxylation is 1. The van der Waals surface area contributed by atoms with Crippen LogP contribution < -0.4 is 5.73 Å². The molecule has 1 saturated carbocycles. The van der Waals surface area contributed by atoms with Crippen LogP contribution in [0.5, 0.6) is 0 Å². The summed E-state index contributed by atoms with van der Waals surface area (Å²) in [5.41, 5.74) is 7.14. The molecule has 0 unspecified atom stereocenters.